The van der Waals surface area contributed by atoms with Gasteiger partial charge in [-0.05, 0) is 32.6 Å². The molecule has 0 saturated heterocycles. The normalized spacial score (nSPS) is 23.5. The highest BCUT2D eigenvalue weighted by Gasteiger charge is 2.10. The lowest BCUT2D eigenvalue weighted by molar-refractivity contribution is -0.117. The molecule has 1 aliphatic rings. The Balaban J connectivity index is 2.35. The van der Waals surface area contributed by atoms with Crippen LogP contribution in [0.15, 0.2) is 11.6 Å². The molecule has 2 nitrogen and oxygen atoms in total. The molecule has 0 aromatic rings. The molecular formula is C10H16O2. The lowest BCUT2D eigenvalue weighted by Crippen LogP contribution is -2.09. The molecule has 2 heteroatoms. The van der Waals surface area contributed by atoms with E-state index in [9.17, 15) is 9.90 Å². The van der Waals surface area contributed by atoms with Crippen molar-refractivity contribution in [1.82, 2.24) is 0 Å². The minimum absolute atomic E-state index is 0.232. The van der Waals surface area contributed by atoms with Crippen LogP contribution in [0, 0.1) is 0 Å². The summed E-state index contributed by atoms with van der Waals surface area (Å²) >= 11 is 0. The van der Waals surface area contributed by atoms with Gasteiger partial charge in [-0.15, -0.1) is 0 Å². The maximum absolute atomic E-state index is 10.7. The predicted molar refractivity (Wildman–Crippen MR) is 47.9 cm³/mol. The molecule has 1 unspecified atom stereocenters. The van der Waals surface area contributed by atoms with E-state index in [1.165, 1.54) is 5.57 Å². The fourth-order valence-electron chi connectivity index (χ4n) is 1.52. The smallest absolute Gasteiger partial charge is 0.130 e. The van der Waals surface area contributed by atoms with Crippen molar-refractivity contribution in [3.63, 3.8) is 0 Å². The third kappa shape index (κ3) is 3.18. The second-order valence-electron chi connectivity index (χ2n) is 3.49. The van der Waals surface area contributed by atoms with Gasteiger partial charge in [0.05, 0.1) is 6.10 Å². The van der Waals surface area contributed by atoms with E-state index in [1.807, 2.05) is 6.08 Å². The van der Waals surface area contributed by atoms with Crippen LogP contribution in [0.4, 0.5) is 0 Å². The lowest BCUT2D eigenvalue weighted by Gasteiger charge is -2.16. The van der Waals surface area contributed by atoms with Crippen molar-refractivity contribution in [2.24, 2.45) is 0 Å². The van der Waals surface area contributed by atoms with Crippen molar-refractivity contribution in [2.45, 2.75) is 45.1 Å². The number of carbonyl (C=O) groups is 1. The van der Waals surface area contributed by atoms with E-state index in [-0.39, 0.29) is 11.9 Å². The Morgan fingerprint density at radius 3 is 3.08 bits per heavy atom. The quantitative estimate of drug-likeness (QED) is 0.653. The fourth-order valence-corrected chi connectivity index (χ4v) is 1.52. The molecule has 1 atom stereocenters. The van der Waals surface area contributed by atoms with Crippen LogP contribution >= 0.6 is 0 Å². The zero-order valence-electron chi connectivity index (χ0n) is 7.55. The molecular weight excluding hydrogens is 152 g/mol. The Hall–Kier alpha value is -0.630. The standard InChI is InChI=1S/C10H16O2/c1-8(11)5-6-9-3-2-4-10(12)7-9/h7,10,12H,2-6H2,1H3. The van der Waals surface area contributed by atoms with Crippen molar-refractivity contribution in [1.29, 1.82) is 0 Å². The summed E-state index contributed by atoms with van der Waals surface area (Å²) in [5, 5.41) is 9.28. The van der Waals surface area contributed by atoms with Gasteiger partial charge in [0.1, 0.15) is 5.78 Å². The lowest BCUT2D eigenvalue weighted by atomic mass is 9.94. The number of aliphatic hydroxyl groups excluding tert-OH is 1. The third-order valence-corrected chi connectivity index (χ3v) is 2.22. The summed E-state index contributed by atoms with van der Waals surface area (Å²) in [5.41, 5.74) is 1.25. The van der Waals surface area contributed by atoms with Crippen molar-refractivity contribution < 1.29 is 9.90 Å². The van der Waals surface area contributed by atoms with Crippen LogP contribution in [0.3, 0.4) is 0 Å². The Morgan fingerprint density at radius 2 is 2.50 bits per heavy atom. The van der Waals surface area contributed by atoms with Crippen molar-refractivity contribution in [2.75, 3.05) is 0 Å². The van der Waals surface area contributed by atoms with Crippen molar-refractivity contribution in [3.05, 3.63) is 11.6 Å². The largest absolute Gasteiger partial charge is 0.389 e. The van der Waals surface area contributed by atoms with Gasteiger partial charge < -0.3 is 9.90 Å². The van der Waals surface area contributed by atoms with E-state index in [4.69, 9.17) is 0 Å². The topological polar surface area (TPSA) is 37.3 Å². The second-order valence-corrected chi connectivity index (χ2v) is 3.49. The van der Waals surface area contributed by atoms with Gasteiger partial charge in [0.15, 0.2) is 0 Å². The molecule has 68 valence electrons. The highest BCUT2D eigenvalue weighted by molar-refractivity contribution is 5.75. The maximum Gasteiger partial charge on any atom is 0.130 e. The third-order valence-electron chi connectivity index (χ3n) is 2.22. The SMILES string of the molecule is CC(=O)CCC1=CC(O)CCC1. The van der Waals surface area contributed by atoms with E-state index in [1.54, 1.807) is 6.92 Å². The Morgan fingerprint density at radius 1 is 1.75 bits per heavy atom. The number of Topliss-reactive ketones (excluding diaryl/α,β-unsaturated/α-hetero) is 1. The van der Waals surface area contributed by atoms with Gasteiger partial charge >= 0.3 is 0 Å². The summed E-state index contributed by atoms with van der Waals surface area (Å²) in [5.74, 6) is 0.232. The van der Waals surface area contributed by atoms with Crippen LogP contribution in [-0.4, -0.2) is 17.0 Å². The number of aliphatic hydroxyl groups is 1. The molecule has 1 N–H and O–H groups in total. The van der Waals surface area contributed by atoms with Crippen LogP contribution in [0.1, 0.15) is 39.0 Å². The number of ketones is 1. The average Bonchev–Trinajstić information content (AvgIpc) is 2.01. The minimum Gasteiger partial charge on any atom is -0.389 e. The number of hydrogen-bond donors (Lipinski definition) is 1. The van der Waals surface area contributed by atoms with E-state index in [2.05, 4.69) is 0 Å². The van der Waals surface area contributed by atoms with Crippen LogP contribution < -0.4 is 0 Å². The Bertz CT molecular complexity index is 194. The molecule has 0 heterocycles. The molecule has 0 radical (unpaired) electrons. The highest BCUT2D eigenvalue weighted by atomic mass is 16.3. The molecule has 1 rings (SSSR count). The van der Waals surface area contributed by atoms with Crippen LogP contribution in [0.5, 0.6) is 0 Å². The van der Waals surface area contributed by atoms with E-state index >= 15 is 0 Å². The molecule has 0 aromatic carbocycles. The molecule has 0 aliphatic heterocycles. The average molecular weight is 168 g/mol. The fraction of sp³-hybridized carbons (Fsp3) is 0.700. The maximum atomic E-state index is 10.7. The van der Waals surface area contributed by atoms with Crippen LogP contribution in [0.25, 0.3) is 0 Å². The number of hydrogen-bond acceptors (Lipinski definition) is 2. The summed E-state index contributed by atoms with van der Waals surface area (Å²) in [4.78, 5) is 10.7. The van der Waals surface area contributed by atoms with Crippen LogP contribution in [-0.2, 0) is 4.79 Å². The predicted octanol–water partition coefficient (Wildman–Crippen LogP) is 1.83. The first-order valence-corrected chi connectivity index (χ1v) is 4.55. The first-order valence-electron chi connectivity index (χ1n) is 4.55. The van der Waals surface area contributed by atoms with Gasteiger partial charge in [-0.25, -0.2) is 0 Å². The molecule has 0 fully saturated rings. The molecule has 12 heavy (non-hydrogen) atoms. The Kier molecular flexibility index (Phi) is 3.48. The summed E-state index contributed by atoms with van der Waals surface area (Å²) < 4.78 is 0. The molecule has 0 aromatic heterocycles. The van der Waals surface area contributed by atoms with Gasteiger partial charge in [0, 0.05) is 6.42 Å². The summed E-state index contributed by atoms with van der Waals surface area (Å²) in [7, 11) is 0. The van der Waals surface area contributed by atoms with E-state index in [0.29, 0.717) is 6.42 Å². The van der Waals surface area contributed by atoms with Gasteiger partial charge in [0.25, 0.3) is 0 Å². The second kappa shape index (κ2) is 4.41. The monoisotopic (exact) mass is 168 g/mol. The zero-order valence-corrected chi connectivity index (χ0v) is 7.55. The molecule has 1 aliphatic carbocycles. The Labute approximate surface area is 73.3 Å². The summed E-state index contributed by atoms with van der Waals surface area (Å²) in [6.45, 7) is 1.61. The minimum atomic E-state index is -0.263. The molecule has 0 bridgehead atoms. The van der Waals surface area contributed by atoms with Gasteiger partial charge in [0.2, 0.25) is 0 Å². The highest BCUT2D eigenvalue weighted by Crippen LogP contribution is 2.21. The molecule has 0 saturated carbocycles. The van der Waals surface area contributed by atoms with Gasteiger partial charge in [-0.3, -0.25) is 0 Å². The zero-order chi connectivity index (χ0) is 8.97. The first-order chi connectivity index (χ1) is 5.68. The first kappa shape index (κ1) is 9.46. The van der Waals surface area contributed by atoms with E-state index < -0.39 is 0 Å². The number of rotatable bonds is 3. The van der Waals surface area contributed by atoms with E-state index in [0.717, 1.165) is 25.7 Å². The molecule has 0 spiro atoms. The van der Waals surface area contributed by atoms with Crippen LogP contribution in [0.2, 0.25) is 0 Å². The summed E-state index contributed by atoms with van der Waals surface area (Å²) in [6, 6.07) is 0. The van der Waals surface area contributed by atoms with Crippen molar-refractivity contribution >= 4 is 5.78 Å². The van der Waals surface area contributed by atoms with Gasteiger partial charge in [-0.1, -0.05) is 11.6 Å². The molecule has 0 amide bonds. The summed E-state index contributed by atoms with van der Waals surface area (Å²) in [6.07, 6.45) is 6.11. The van der Waals surface area contributed by atoms with Crippen molar-refractivity contribution in [3.8, 4) is 0 Å². The number of carbonyl (C=O) groups excluding carboxylic acids is 1. The van der Waals surface area contributed by atoms with Gasteiger partial charge in [-0.2, -0.15) is 0 Å². The number of allylic oxidation sites excluding steroid dienone is 1.